The number of rotatable bonds is 9. The quantitative estimate of drug-likeness (QED) is 0.142. The molecule has 0 heterocycles. The molecule has 0 unspecified atom stereocenters. The number of esters is 1. The first-order valence-electron chi connectivity index (χ1n) is 11.6. The number of benzene rings is 4. The molecule has 0 saturated carbocycles. The smallest absolute Gasteiger partial charge is 0.343 e. The van der Waals surface area contributed by atoms with Crippen LogP contribution in [-0.4, -0.2) is 25.2 Å². The lowest BCUT2D eigenvalue weighted by molar-refractivity contribution is 0.0734. The van der Waals surface area contributed by atoms with E-state index in [0.29, 0.717) is 35.0 Å². The Morgan fingerprint density at radius 2 is 1.35 bits per heavy atom. The van der Waals surface area contributed by atoms with Crippen LogP contribution in [0, 0.1) is 6.92 Å². The van der Waals surface area contributed by atoms with E-state index in [-0.39, 0.29) is 5.91 Å². The minimum Gasteiger partial charge on any atom is -0.497 e. The second-order valence-electron chi connectivity index (χ2n) is 8.18. The van der Waals surface area contributed by atoms with E-state index in [1.165, 1.54) is 11.8 Å². The molecule has 1 amide bonds. The number of hydrogen-bond acceptors (Lipinski definition) is 6. The summed E-state index contributed by atoms with van der Waals surface area (Å²) in [6, 6.07) is 28.4. The van der Waals surface area contributed by atoms with Crippen molar-refractivity contribution < 1.29 is 23.8 Å². The molecule has 0 aromatic heterocycles. The SMILES string of the molecule is COc1ccc(C(=O)Oc2ccc(/C=N\NC(=O)c3ccc(OCc4ccc(C)cc4)cc3)cc2)cc1. The Morgan fingerprint density at radius 3 is 2.00 bits per heavy atom. The Balaban J connectivity index is 1.25. The van der Waals surface area contributed by atoms with Crippen LogP contribution in [0.25, 0.3) is 0 Å². The summed E-state index contributed by atoms with van der Waals surface area (Å²) >= 11 is 0. The molecule has 1 N–H and O–H groups in total. The van der Waals surface area contributed by atoms with Gasteiger partial charge in [0, 0.05) is 5.56 Å². The van der Waals surface area contributed by atoms with Gasteiger partial charge < -0.3 is 14.2 Å². The fraction of sp³-hybridized carbons (Fsp3) is 0.100. The van der Waals surface area contributed by atoms with Gasteiger partial charge in [0.15, 0.2) is 0 Å². The molecule has 0 aliphatic rings. The molecule has 0 aliphatic heterocycles. The van der Waals surface area contributed by atoms with Crippen LogP contribution in [0.5, 0.6) is 17.2 Å². The summed E-state index contributed by atoms with van der Waals surface area (Å²) in [5.41, 5.74) is 6.38. The first-order valence-corrected chi connectivity index (χ1v) is 11.6. The highest BCUT2D eigenvalue weighted by Crippen LogP contribution is 2.17. The van der Waals surface area contributed by atoms with Gasteiger partial charge in [0.1, 0.15) is 23.9 Å². The Kier molecular flexibility index (Phi) is 8.29. The summed E-state index contributed by atoms with van der Waals surface area (Å²) in [4.78, 5) is 24.6. The van der Waals surface area contributed by atoms with Crippen molar-refractivity contribution in [2.45, 2.75) is 13.5 Å². The molecule has 0 aliphatic carbocycles. The van der Waals surface area contributed by atoms with E-state index in [2.05, 4.69) is 10.5 Å². The first kappa shape index (κ1) is 25.2. The molecule has 7 heteroatoms. The molecule has 0 bridgehead atoms. The molecular weight excluding hydrogens is 468 g/mol. The second kappa shape index (κ2) is 12.2. The summed E-state index contributed by atoms with van der Waals surface area (Å²) in [5.74, 6) is 0.918. The monoisotopic (exact) mass is 494 g/mol. The van der Waals surface area contributed by atoms with Crippen molar-refractivity contribution >= 4 is 18.1 Å². The summed E-state index contributed by atoms with van der Waals surface area (Å²) in [7, 11) is 1.56. The van der Waals surface area contributed by atoms with Crippen LogP contribution < -0.4 is 19.6 Å². The predicted octanol–water partition coefficient (Wildman–Crippen LogP) is 5.57. The number of nitrogens with zero attached hydrogens (tertiary/aromatic N) is 1. The zero-order valence-electron chi connectivity index (χ0n) is 20.5. The fourth-order valence-electron chi connectivity index (χ4n) is 3.30. The number of hydrogen-bond donors (Lipinski definition) is 1. The zero-order valence-corrected chi connectivity index (χ0v) is 20.5. The zero-order chi connectivity index (χ0) is 26.0. The Labute approximate surface area is 215 Å². The van der Waals surface area contributed by atoms with Crippen molar-refractivity contribution in [3.8, 4) is 17.2 Å². The third-order valence-electron chi connectivity index (χ3n) is 5.44. The summed E-state index contributed by atoms with van der Waals surface area (Å²) in [5, 5.41) is 4.00. The van der Waals surface area contributed by atoms with E-state index in [0.717, 1.165) is 11.1 Å². The molecule has 4 aromatic carbocycles. The second-order valence-corrected chi connectivity index (χ2v) is 8.18. The molecular formula is C30H26N2O5. The van der Waals surface area contributed by atoms with Gasteiger partial charge in [-0.15, -0.1) is 0 Å². The summed E-state index contributed by atoms with van der Waals surface area (Å²) in [6.45, 7) is 2.49. The number of carbonyl (C=O) groups excluding carboxylic acids is 2. The van der Waals surface area contributed by atoms with E-state index >= 15 is 0 Å². The highest BCUT2D eigenvalue weighted by molar-refractivity contribution is 5.95. The Morgan fingerprint density at radius 1 is 0.757 bits per heavy atom. The van der Waals surface area contributed by atoms with Crippen molar-refractivity contribution in [3.63, 3.8) is 0 Å². The lowest BCUT2D eigenvalue weighted by Gasteiger charge is -2.07. The van der Waals surface area contributed by atoms with Crippen LogP contribution in [0.3, 0.4) is 0 Å². The van der Waals surface area contributed by atoms with Crippen LogP contribution in [0.15, 0.2) is 102 Å². The van der Waals surface area contributed by atoms with Crippen LogP contribution in [0.1, 0.15) is 37.4 Å². The maximum absolute atomic E-state index is 12.4. The van der Waals surface area contributed by atoms with E-state index in [4.69, 9.17) is 14.2 Å². The Bertz CT molecular complexity index is 1360. The molecule has 186 valence electrons. The van der Waals surface area contributed by atoms with Gasteiger partial charge in [-0.3, -0.25) is 4.79 Å². The van der Waals surface area contributed by atoms with Crippen molar-refractivity contribution in [1.82, 2.24) is 5.43 Å². The van der Waals surface area contributed by atoms with E-state index in [9.17, 15) is 9.59 Å². The standard InChI is InChI=1S/C30H26N2O5/c1-21-3-5-23(6-4-21)20-36-27-17-9-24(10-18-27)29(33)32-31-19-22-7-13-28(14-8-22)37-30(34)25-11-15-26(35-2)16-12-25/h3-19H,20H2,1-2H3,(H,32,33)/b31-19-. The number of methoxy groups -OCH3 is 1. The minimum absolute atomic E-state index is 0.341. The molecule has 0 fully saturated rings. The molecule has 0 radical (unpaired) electrons. The maximum atomic E-state index is 12.4. The van der Waals surface area contributed by atoms with Crippen molar-refractivity contribution in [3.05, 3.63) is 125 Å². The molecule has 37 heavy (non-hydrogen) atoms. The number of ether oxygens (including phenoxy) is 3. The van der Waals surface area contributed by atoms with Gasteiger partial charge in [-0.05, 0) is 90.8 Å². The van der Waals surface area contributed by atoms with Gasteiger partial charge in [-0.2, -0.15) is 5.10 Å². The molecule has 4 rings (SSSR count). The third-order valence-corrected chi connectivity index (χ3v) is 5.44. The topological polar surface area (TPSA) is 86.2 Å². The van der Waals surface area contributed by atoms with Gasteiger partial charge in [0.05, 0.1) is 18.9 Å². The lowest BCUT2D eigenvalue weighted by Crippen LogP contribution is -2.17. The largest absolute Gasteiger partial charge is 0.497 e. The predicted molar refractivity (Wildman–Crippen MR) is 141 cm³/mol. The van der Waals surface area contributed by atoms with Gasteiger partial charge in [-0.1, -0.05) is 29.8 Å². The van der Waals surface area contributed by atoms with Crippen LogP contribution in [-0.2, 0) is 6.61 Å². The molecule has 0 saturated heterocycles. The molecule has 7 nitrogen and oxygen atoms in total. The van der Waals surface area contributed by atoms with Crippen LogP contribution >= 0.6 is 0 Å². The summed E-state index contributed by atoms with van der Waals surface area (Å²) in [6.07, 6.45) is 1.51. The number of carbonyl (C=O) groups is 2. The molecule has 4 aromatic rings. The maximum Gasteiger partial charge on any atom is 0.343 e. The molecule has 0 atom stereocenters. The number of aryl methyl sites for hydroxylation is 1. The number of amides is 1. The van der Waals surface area contributed by atoms with Gasteiger partial charge in [0.2, 0.25) is 0 Å². The van der Waals surface area contributed by atoms with Gasteiger partial charge in [-0.25, -0.2) is 10.2 Å². The minimum atomic E-state index is -0.470. The van der Waals surface area contributed by atoms with Gasteiger partial charge >= 0.3 is 5.97 Å². The van der Waals surface area contributed by atoms with E-state index < -0.39 is 5.97 Å². The van der Waals surface area contributed by atoms with Crippen LogP contribution in [0.2, 0.25) is 0 Å². The molecule has 0 spiro atoms. The average molecular weight is 495 g/mol. The fourth-order valence-corrected chi connectivity index (χ4v) is 3.30. The van der Waals surface area contributed by atoms with Crippen molar-refractivity contribution in [2.75, 3.05) is 7.11 Å². The van der Waals surface area contributed by atoms with Crippen molar-refractivity contribution in [1.29, 1.82) is 0 Å². The average Bonchev–Trinajstić information content (AvgIpc) is 2.94. The van der Waals surface area contributed by atoms with E-state index in [1.807, 2.05) is 31.2 Å². The van der Waals surface area contributed by atoms with Crippen molar-refractivity contribution in [2.24, 2.45) is 5.10 Å². The number of hydrazone groups is 1. The highest BCUT2D eigenvalue weighted by atomic mass is 16.5. The normalized spacial score (nSPS) is 10.6. The van der Waals surface area contributed by atoms with Gasteiger partial charge in [0.25, 0.3) is 5.91 Å². The third kappa shape index (κ3) is 7.29. The lowest BCUT2D eigenvalue weighted by atomic mass is 10.2. The highest BCUT2D eigenvalue weighted by Gasteiger charge is 2.09. The van der Waals surface area contributed by atoms with Crippen LogP contribution in [0.4, 0.5) is 0 Å². The first-order chi connectivity index (χ1) is 18.0. The number of nitrogens with one attached hydrogen (secondary N) is 1. The van der Waals surface area contributed by atoms with E-state index in [1.54, 1.807) is 79.9 Å². The Hall–Kier alpha value is -4.91. The summed E-state index contributed by atoms with van der Waals surface area (Å²) < 4.78 is 16.2.